The second-order valence-corrected chi connectivity index (χ2v) is 5.49. The molecular weight excluding hydrogens is 194 g/mol. The van der Waals surface area contributed by atoms with E-state index >= 15 is 0 Å². The van der Waals surface area contributed by atoms with Gasteiger partial charge in [-0.2, -0.15) is 11.8 Å². The van der Waals surface area contributed by atoms with Crippen LogP contribution in [0.3, 0.4) is 0 Å². The van der Waals surface area contributed by atoms with Gasteiger partial charge in [0.1, 0.15) is 0 Å². The van der Waals surface area contributed by atoms with Crippen LogP contribution in [0.4, 0.5) is 0 Å². The minimum atomic E-state index is 0.661. The van der Waals surface area contributed by atoms with Gasteiger partial charge in [0.2, 0.25) is 0 Å². The Kier molecular flexibility index (Phi) is 6.65. The van der Waals surface area contributed by atoms with Gasteiger partial charge in [0.15, 0.2) is 0 Å². The summed E-state index contributed by atoms with van der Waals surface area (Å²) in [5, 5.41) is 3.57. The quantitative estimate of drug-likeness (QED) is 0.660. The van der Waals surface area contributed by atoms with Gasteiger partial charge in [-0.1, -0.05) is 13.8 Å². The van der Waals surface area contributed by atoms with Crippen molar-refractivity contribution in [3.8, 4) is 0 Å². The molecule has 0 aromatic rings. The van der Waals surface area contributed by atoms with Gasteiger partial charge in [0, 0.05) is 25.0 Å². The molecule has 1 unspecified atom stereocenters. The zero-order chi connectivity index (χ0) is 10.2. The number of rotatable bonds is 7. The molecule has 2 nitrogen and oxygen atoms in total. The molecule has 1 fully saturated rings. The van der Waals surface area contributed by atoms with E-state index in [1.165, 1.54) is 17.9 Å². The predicted molar refractivity (Wildman–Crippen MR) is 64.0 cm³/mol. The third-order valence-electron chi connectivity index (χ3n) is 2.28. The molecule has 0 bridgehead atoms. The van der Waals surface area contributed by atoms with Crippen LogP contribution in [-0.4, -0.2) is 37.3 Å². The fourth-order valence-electron chi connectivity index (χ4n) is 1.49. The highest BCUT2D eigenvalue weighted by atomic mass is 32.2. The molecular formula is C11H23NOS. The molecule has 1 heterocycles. The van der Waals surface area contributed by atoms with Crippen LogP contribution in [0.5, 0.6) is 0 Å². The zero-order valence-electron chi connectivity index (χ0n) is 9.42. The van der Waals surface area contributed by atoms with E-state index < -0.39 is 0 Å². The fourth-order valence-corrected chi connectivity index (χ4v) is 2.68. The molecule has 0 radical (unpaired) electrons. The molecule has 0 amide bonds. The van der Waals surface area contributed by atoms with Crippen molar-refractivity contribution in [1.82, 2.24) is 5.32 Å². The molecule has 0 aromatic carbocycles. The molecule has 1 atom stereocenters. The van der Waals surface area contributed by atoms with Crippen molar-refractivity contribution in [2.24, 2.45) is 5.92 Å². The molecule has 0 spiro atoms. The van der Waals surface area contributed by atoms with Crippen LogP contribution in [-0.2, 0) is 4.74 Å². The molecule has 1 aliphatic heterocycles. The molecule has 1 N–H and O–H groups in total. The molecule has 0 aliphatic carbocycles. The second-order valence-electron chi connectivity index (χ2n) is 4.34. The number of hydrogen-bond donors (Lipinski definition) is 1. The first kappa shape index (κ1) is 12.3. The lowest BCUT2D eigenvalue weighted by molar-refractivity contribution is 0.107. The molecule has 1 aliphatic rings. The Morgan fingerprint density at radius 2 is 2.36 bits per heavy atom. The standard InChI is InChI=1S/C11H23NOS/c1-10(2)8-13-6-3-5-12-11-4-7-14-9-11/h10-12H,3-9H2,1-2H3. The summed E-state index contributed by atoms with van der Waals surface area (Å²) in [5.74, 6) is 3.29. The highest BCUT2D eigenvalue weighted by Gasteiger charge is 2.13. The maximum Gasteiger partial charge on any atom is 0.0489 e. The molecule has 1 rings (SSSR count). The normalized spacial score (nSPS) is 22.1. The topological polar surface area (TPSA) is 21.3 Å². The Bertz CT molecular complexity index is 135. The van der Waals surface area contributed by atoms with Crippen LogP contribution < -0.4 is 5.32 Å². The summed E-state index contributed by atoms with van der Waals surface area (Å²) < 4.78 is 5.51. The Balaban J connectivity index is 1.79. The zero-order valence-corrected chi connectivity index (χ0v) is 10.2. The van der Waals surface area contributed by atoms with E-state index in [9.17, 15) is 0 Å². The SMILES string of the molecule is CC(C)COCCCNC1CCSC1. The van der Waals surface area contributed by atoms with Crippen LogP contribution in [0.2, 0.25) is 0 Å². The predicted octanol–water partition coefficient (Wildman–Crippen LogP) is 2.14. The van der Waals surface area contributed by atoms with E-state index in [1.807, 2.05) is 0 Å². The molecule has 1 saturated heterocycles. The molecule has 0 aromatic heterocycles. The van der Waals surface area contributed by atoms with E-state index in [2.05, 4.69) is 30.9 Å². The van der Waals surface area contributed by atoms with E-state index in [0.29, 0.717) is 5.92 Å². The lowest BCUT2D eigenvalue weighted by atomic mass is 10.2. The third-order valence-corrected chi connectivity index (χ3v) is 3.44. The lowest BCUT2D eigenvalue weighted by Crippen LogP contribution is -2.30. The Labute approximate surface area is 92.2 Å². The van der Waals surface area contributed by atoms with E-state index in [4.69, 9.17) is 4.74 Å². The van der Waals surface area contributed by atoms with Crippen molar-refractivity contribution in [3.63, 3.8) is 0 Å². The van der Waals surface area contributed by atoms with Gasteiger partial charge in [0.05, 0.1) is 0 Å². The Morgan fingerprint density at radius 1 is 1.50 bits per heavy atom. The van der Waals surface area contributed by atoms with Crippen molar-refractivity contribution in [2.45, 2.75) is 32.7 Å². The lowest BCUT2D eigenvalue weighted by Gasteiger charge is -2.11. The first-order chi connectivity index (χ1) is 6.79. The summed E-state index contributed by atoms with van der Waals surface area (Å²) in [7, 11) is 0. The average Bonchev–Trinajstić information content (AvgIpc) is 2.63. The molecule has 84 valence electrons. The smallest absolute Gasteiger partial charge is 0.0489 e. The Hall–Kier alpha value is 0.270. The molecule has 3 heteroatoms. The minimum absolute atomic E-state index is 0.661. The van der Waals surface area contributed by atoms with Crippen LogP contribution in [0.15, 0.2) is 0 Å². The number of hydrogen-bond acceptors (Lipinski definition) is 3. The minimum Gasteiger partial charge on any atom is -0.381 e. The van der Waals surface area contributed by atoms with Crippen molar-refractivity contribution < 1.29 is 4.74 Å². The van der Waals surface area contributed by atoms with Gasteiger partial charge >= 0.3 is 0 Å². The van der Waals surface area contributed by atoms with Crippen LogP contribution in [0, 0.1) is 5.92 Å². The van der Waals surface area contributed by atoms with Crippen LogP contribution in [0.1, 0.15) is 26.7 Å². The Morgan fingerprint density at radius 3 is 3.00 bits per heavy atom. The van der Waals surface area contributed by atoms with Crippen molar-refractivity contribution >= 4 is 11.8 Å². The van der Waals surface area contributed by atoms with Gasteiger partial charge in [-0.3, -0.25) is 0 Å². The summed E-state index contributed by atoms with van der Waals surface area (Å²) >= 11 is 2.06. The summed E-state index contributed by atoms with van der Waals surface area (Å²) in [5.41, 5.74) is 0. The van der Waals surface area contributed by atoms with Gasteiger partial charge in [0.25, 0.3) is 0 Å². The maximum atomic E-state index is 5.51. The van der Waals surface area contributed by atoms with E-state index in [1.54, 1.807) is 0 Å². The van der Waals surface area contributed by atoms with Gasteiger partial charge in [-0.05, 0) is 31.1 Å². The molecule has 0 saturated carbocycles. The monoisotopic (exact) mass is 217 g/mol. The summed E-state index contributed by atoms with van der Waals surface area (Å²) in [6, 6.07) is 0.769. The van der Waals surface area contributed by atoms with Crippen molar-refractivity contribution in [1.29, 1.82) is 0 Å². The highest BCUT2D eigenvalue weighted by molar-refractivity contribution is 7.99. The summed E-state index contributed by atoms with van der Waals surface area (Å²) in [6.45, 7) is 7.30. The van der Waals surface area contributed by atoms with Gasteiger partial charge in [-0.25, -0.2) is 0 Å². The van der Waals surface area contributed by atoms with Crippen LogP contribution in [0.25, 0.3) is 0 Å². The number of nitrogens with one attached hydrogen (secondary N) is 1. The van der Waals surface area contributed by atoms with E-state index in [0.717, 1.165) is 32.2 Å². The van der Waals surface area contributed by atoms with Crippen molar-refractivity contribution in [3.05, 3.63) is 0 Å². The largest absolute Gasteiger partial charge is 0.381 e. The fraction of sp³-hybridized carbons (Fsp3) is 1.00. The maximum absolute atomic E-state index is 5.51. The second kappa shape index (κ2) is 7.55. The highest BCUT2D eigenvalue weighted by Crippen LogP contribution is 2.16. The van der Waals surface area contributed by atoms with E-state index in [-0.39, 0.29) is 0 Å². The van der Waals surface area contributed by atoms with Crippen LogP contribution >= 0.6 is 11.8 Å². The summed E-state index contributed by atoms with van der Waals surface area (Å²) in [6.07, 6.45) is 2.49. The summed E-state index contributed by atoms with van der Waals surface area (Å²) in [4.78, 5) is 0. The van der Waals surface area contributed by atoms with Gasteiger partial charge < -0.3 is 10.1 Å². The molecule has 14 heavy (non-hydrogen) atoms. The van der Waals surface area contributed by atoms with Crippen molar-refractivity contribution in [2.75, 3.05) is 31.3 Å². The first-order valence-corrected chi connectivity index (χ1v) is 6.83. The third kappa shape index (κ3) is 5.89. The average molecular weight is 217 g/mol. The first-order valence-electron chi connectivity index (χ1n) is 5.68. The number of thioether (sulfide) groups is 1. The number of ether oxygens (including phenoxy) is 1. The van der Waals surface area contributed by atoms with Gasteiger partial charge in [-0.15, -0.1) is 0 Å².